The van der Waals surface area contributed by atoms with E-state index >= 15 is 0 Å². The Kier molecular flexibility index (Phi) is 12.2. The number of carbonyl (C=O) groups is 1. The summed E-state index contributed by atoms with van der Waals surface area (Å²) >= 11 is 6.65. The lowest BCUT2D eigenvalue weighted by molar-refractivity contribution is -0.402. The largest absolute Gasteiger partial charge is 0.480 e. The minimum absolute atomic E-state index is 0.184. The summed E-state index contributed by atoms with van der Waals surface area (Å²) in [5.74, 6) is -1.29. The van der Waals surface area contributed by atoms with Gasteiger partial charge in [0.05, 0.1) is 6.07 Å². The van der Waals surface area contributed by atoms with Gasteiger partial charge in [-0.2, -0.15) is 0 Å². The number of alkyl halides is 2. The van der Waals surface area contributed by atoms with Crippen LogP contribution in [0.25, 0.3) is 0 Å². The lowest BCUT2D eigenvalue weighted by Crippen LogP contribution is -2.33. The van der Waals surface area contributed by atoms with Crippen molar-refractivity contribution < 1.29 is 28.3 Å². The van der Waals surface area contributed by atoms with E-state index in [9.17, 15) is 19.5 Å². The summed E-state index contributed by atoms with van der Waals surface area (Å²) in [4.78, 5) is 20.8. The quantitative estimate of drug-likeness (QED) is 0.0895. The molecule has 0 saturated carbocycles. The van der Waals surface area contributed by atoms with Crippen LogP contribution in [-0.4, -0.2) is 57.0 Å². The van der Waals surface area contributed by atoms with Crippen molar-refractivity contribution in [3.05, 3.63) is 28.0 Å². The Morgan fingerprint density at radius 3 is 2.55 bits per heavy atom. The van der Waals surface area contributed by atoms with Gasteiger partial charge in [0.15, 0.2) is 0 Å². The number of nitrogens with zero attached hydrogens (tertiary/aromatic N) is 2. The van der Waals surface area contributed by atoms with Crippen molar-refractivity contribution in [3.8, 4) is 0 Å². The highest BCUT2D eigenvalue weighted by atomic mass is 79.9. The molecular weight excluding hydrogens is 539 g/mol. The highest BCUT2D eigenvalue weighted by Gasteiger charge is 2.31. The second-order valence-corrected chi connectivity index (χ2v) is 9.74. The van der Waals surface area contributed by atoms with Crippen LogP contribution in [0.5, 0.6) is 0 Å². The minimum Gasteiger partial charge on any atom is -0.480 e. The number of carboxylic acid groups (broad SMARTS) is 1. The topological polar surface area (TPSA) is 161 Å². The predicted molar refractivity (Wildman–Crippen MR) is 114 cm³/mol. The number of nitrogens with two attached hydrogens (primary N) is 1. The summed E-state index contributed by atoms with van der Waals surface area (Å²) in [7, 11) is -3.48. The van der Waals surface area contributed by atoms with Gasteiger partial charge in [-0.25, -0.2) is 9.76 Å². The van der Waals surface area contributed by atoms with Crippen LogP contribution >= 0.6 is 39.5 Å². The van der Waals surface area contributed by atoms with Crippen LogP contribution < -0.4 is 10.8 Å². The number of aliphatic carboxylic acids is 1. The predicted octanol–water partition coefficient (Wildman–Crippen LogP) is 3.08. The number of rotatable bonds is 16. The molecule has 11 nitrogen and oxygen atoms in total. The number of unbranched alkanes of at least 4 members (excludes halogenated alkanes) is 1. The average Bonchev–Trinajstić information content (AvgIpc) is 3.15. The van der Waals surface area contributed by atoms with Gasteiger partial charge >= 0.3 is 19.5 Å². The molecule has 1 aromatic rings. The highest BCUT2D eigenvalue weighted by molar-refractivity contribution is 9.09. The molecule has 0 aliphatic carbocycles. The number of carboxylic acids is 1. The zero-order valence-electron chi connectivity index (χ0n) is 15.7. The van der Waals surface area contributed by atoms with Gasteiger partial charge in [0, 0.05) is 30.3 Å². The molecule has 166 valence electrons. The Bertz CT molecular complexity index is 700. The van der Waals surface area contributed by atoms with Crippen molar-refractivity contribution >= 4 is 51.4 Å². The number of nitrogens with one attached hydrogen (secondary N) is 1. The fraction of sp³-hybridized carbons (Fsp3) is 0.667. The van der Waals surface area contributed by atoms with E-state index in [4.69, 9.17) is 19.8 Å². The summed E-state index contributed by atoms with van der Waals surface area (Å²) < 4.78 is 25.8. The van der Waals surface area contributed by atoms with E-state index in [1.807, 2.05) is 0 Å². The SMILES string of the molecule is N[C@@H](CCCCNP(=O)(OCc1ccc([N+](=O)[O-])o1)N(CCBr)CCBr)C(=O)O. The Morgan fingerprint density at radius 1 is 1.38 bits per heavy atom. The van der Waals surface area contributed by atoms with Gasteiger partial charge in [0.25, 0.3) is 0 Å². The van der Waals surface area contributed by atoms with E-state index in [0.717, 1.165) is 0 Å². The molecule has 0 amide bonds. The van der Waals surface area contributed by atoms with E-state index in [-0.39, 0.29) is 12.4 Å². The fourth-order valence-corrected chi connectivity index (χ4v) is 5.65. The first-order chi connectivity index (χ1) is 13.7. The second kappa shape index (κ2) is 13.5. The van der Waals surface area contributed by atoms with Crippen molar-refractivity contribution in [3.63, 3.8) is 0 Å². The molecule has 29 heavy (non-hydrogen) atoms. The Morgan fingerprint density at radius 2 is 2.03 bits per heavy atom. The van der Waals surface area contributed by atoms with E-state index < -0.39 is 30.5 Å². The fourth-order valence-electron chi connectivity index (χ4n) is 2.32. The minimum atomic E-state index is -3.48. The molecule has 0 aliphatic heterocycles. The Labute approximate surface area is 185 Å². The van der Waals surface area contributed by atoms with E-state index in [2.05, 4.69) is 36.9 Å². The number of hydrogen-bond acceptors (Lipinski definition) is 7. The third-order valence-electron chi connectivity index (χ3n) is 3.84. The van der Waals surface area contributed by atoms with Crippen LogP contribution in [0.4, 0.5) is 5.88 Å². The maximum Gasteiger partial charge on any atom is 0.433 e. The highest BCUT2D eigenvalue weighted by Crippen LogP contribution is 2.47. The van der Waals surface area contributed by atoms with Crippen LogP contribution in [0, 0.1) is 10.1 Å². The van der Waals surface area contributed by atoms with Gasteiger partial charge in [0.1, 0.15) is 23.3 Å². The lowest BCUT2D eigenvalue weighted by Gasteiger charge is -2.30. The Balaban J connectivity index is 2.72. The van der Waals surface area contributed by atoms with Crippen molar-refractivity contribution in [2.75, 3.05) is 30.3 Å². The zero-order valence-corrected chi connectivity index (χ0v) is 19.7. The third kappa shape index (κ3) is 9.24. The Hall–Kier alpha value is -0.820. The van der Waals surface area contributed by atoms with Crippen LogP contribution in [0.2, 0.25) is 0 Å². The summed E-state index contributed by atoms with van der Waals surface area (Å²) in [6, 6.07) is 1.68. The van der Waals surface area contributed by atoms with Gasteiger partial charge in [-0.3, -0.25) is 24.0 Å². The molecule has 14 heteroatoms. The first kappa shape index (κ1) is 26.2. The summed E-state index contributed by atoms with van der Waals surface area (Å²) in [5, 5.41) is 23.6. The number of hydrogen-bond donors (Lipinski definition) is 3. The molecule has 0 fully saturated rings. The van der Waals surface area contributed by atoms with Gasteiger partial charge in [-0.15, -0.1) is 0 Å². The third-order valence-corrected chi connectivity index (χ3v) is 6.79. The van der Waals surface area contributed by atoms with Gasteiger partial charge in [-0.1, -0.05) is 38.3 Å². The van der Waals surface area contributed by atoms with Crippen LogP contribution in [0.15, 0.2) is 16.5 Å². The summed E-state index contributed by atoms with van der Waals surface area (Å²) in [6.45, 7) is 1.00. The standard InChI is InChI=1S/C15H25Br2N4O7P/c16-6-9-20(10-7-17)29(26,19-8-2-1-3-13(18)15(22)23)27-11-12-4-5-14(28-12)21(24)25/h4-5,13H,1-3,6-11,18H2,(H,19,26)(H,22,23)/t13-,29?/m0/s1. The zero-order chi connectivity index (χ0) is 21.9. The first-order valence-electron chi connectivity index (χ1n) is 8.82. The van der Waals surface area contributed by atoms with E-state index in [1.54, 1.807) is 4.67 Å². The molecule has 0 radical (unpaired) electrons. The normalized spacial score (nSPS) is 14.6. The van der Waals surface area contributed by atoms with Crippen molar-refractivity contribution in [2.45, 2.75) is 31.9 Å². The van der Waals surface area contributed by atoms with Gasteiger partial charge < -0.3 is 15.3 Å². The second-order valence-electron chi connectivity index (χ2n) is 5.97. The van der Waals surface area contributed by atoms with Crippen LogP contribution in [-0.2, 0) is 20.5 Å². The van der Waals surface area contributed by atoms with Crippen LogP contribution in [0.1, 0.15) is 25.0 Å². The van der Waals surface area contributed by atoms with Gasteiger partial charge in [-0.05, 0) is 18.9 Å². The first-order valence-corrected chi connectivity index (χ1v) is 12.6. The molecule has 0 spiro atoms. The maximum atomic E-state index is 13.5. The molecular formula is C15H25Br2N4O7P. The molecule has 4 N–H and O–H groups in total. The lowest BCUT2D eigenvalue weighted by atomic mass is 10.1. The van der Waals surface area contributed by atoms with Crippen LogP contribution in [0.3, 0.4) is 0 Å². The summed E-state index contributed by atoms with van der Waals surface area (Å²) in [5.41, 5.74) is 5.47. The van der Waals surface area contributed by atoms with E-state index in [1.165, 1.54) is 12.1 Å². The molecule has 1 rings (SSSR count). The molecule has 1 heterocycles. The smallest absolute Gasteiger partial charge is 0.433 e. The van der Waals surface area contributed by atoms with E-state index in [0.29, 0.717) is 49.6 Å². The molecule has 1 unspecified atom stereocenters. The molecule has 0 aliphatic rings. The number of furan rings is 1. The molecule has 0 saturated heterocycles. The van der Waals surface area contributed by atoms with Crippen molar-refractivity contribution in [1.29, 1.82) is 0 Å². The maximum absolute atomic E-state index is 13.5. The molecule has 1 aromatic heterocycles. The van der Waals surface area contributed by atoms with Crippen molar-refractivity contribution in [2.24, 2.45) is 5.73 Å². The molecule has 0 aromatic carbocycles. The molecule has 0 bridgehead atoms. The monoisotopic (exact) mass is 562 g/mol. The van der Waals surface area contributed by atoms with Gasteiger partial charge in [0.2, 0.25) is 0 Å². The van der Waals surface area contributed by atoms with Crippen molar-refractivity contribution in [1.82, 2.24) is 9.76 Å². The number of nitro groups is 1. The number of halogens is 2. The average molecular weight is 564 g/mol. The molecule has 2 atom stereocenters. The summed E-state index contributed by atoms with van der Waals surface area (Å²) in [6.07, 6.45) is 1.41.